The van der Waals surface area contributed by atoms with Gasteiger partial charge < -0.3 is 4.74 Å². The van der Waals surface area contributed by atoms with Crippen molar-refractivity contribution >= 4 is 27.2 Å². The van der Waals surface area contributed by atoms with Crippen molar-refractivity contribution in [2.75, 3.05) is 7.11 Å². The van der Waals surface area contributed by atoms with E-state index in [1.165, 1.54) is 35.1 Å². The zero-order valence-electron chi connectivity index (χ0n) is 15.2. The molecule has 3 heterocycles. The highest BCUT2D eigenvalue weighted by Gasteiger charge is 2.20. The number of thiophene rings is 1. The van der Waals surface area contributed by atoms with Crippen LogP contribution >= 0.6 is 11.3 Å². The lowest BCUT2D eigenvalue weighted by atomic mass is 10.1. The minimum Gasteiger partial charge on any atom is -0.480 e. The Morgan fingerprint density at radius 2 is 1.86 bits per heavy atom. The molecule has 0 aliphatic carbocycles. The quantitative estimate of drug-likeness (QED) is 0.403. The van der Waals surface area contributed by atoms with Crippen molar-refractivity contribution in [1.82, 2.24) is 19.7 Å². The van der Waals surface area contributed by atoms with E-state index in [9.17, 15) is 19.7 Å². The maximum absolute atomic E-state index is 12.5. The van der Waals surface area contributed by atoms with E-state index in [2.05, 4.69) is 15.2 Å². The van der Waals surface area contributed by atoms with Crippen LogP contribution in [0.3, 0.4) is 0 Å². The number of hydrogen-bond acceptors (Lipinski definition) is 8. The van der Waals surface area contributed by atoms with Gasteiger partial charge in [-0.15, -0.1) is 21.5 Å². The lowest BCUT2D eigenvalue weighted by Gasteiger charge is -2.05. The third-order valence-electron chi connectivity index (χ3n) is 4.39. The van der Waals surface area contributed by atoms with E-state index in [-0.39, 0.29) is 17.4 Å². The molecule has 0 fully saturated rings. The summed E-state index contributed by atoms with van der Waals surface area (Å²) in [5.74, 6) is 0.518. The van der Waals surface area contributed by atoms with Crippen LogP contribution in [0, 0.1) is 17.0 Å². The van der Waals surface area contributed by atoms with E-state index in [1.54, 1.807) is 31.2 Å². The van der Waals surface area contributed by atoms with Crippen LogP contribution in [-0.2, 0) is 0 Å². The maximum Gasteiger partial charge on any atom is 0.335 e. The predicted molar refractivity (Wildman–Crippen MR) is 107 cm³/mol. The third kappa shape index (κ3) is 3.06. The molecule has 0 saturated heterocycles. The van der Waals surface area contributed by atoms with Gasteiger partial charge in [-0.3, -0.25) is 19.9 Å². The van der Waals surface area contributed by atoms with E-state index in [1.807, 2.05) is 0 Å². The summed E-state index contributed by atoms with van der Waals surface area (Å²) in [6.07, 6.45) is 0. The van der Waals surface area contributed by atoms with Gasteiger partial charge in [-0.25, -0.2) is 9.36 Å². The molecule has 4 rings (SSSR count). The van der Waals surface area contributed by atoms with Crippen LogP contribution in [0.15, 0.2) is 46.0 Å². The van der Waals surface area contributed by atoms with E-state index in [0.29, 0.717) is 21.3 Å². The molecule has 0 unspecified atom stereocenters. The predicted octanol–water partition coefficient (Wildman–Crippen LogP) is 2.42. The second kappa shape index (κ2) is 6.95. The van der Waals surface area contributed by atoms with Gasteiger partial charge in [0.1, 0.15) is 4.83 Å². The first-order valence-electron chi connectivity index (χ1n) is 8.32. The third-order valence-corrected chi connectivity index (χ3v) is 5.71. The van der Waals surface area contributed by atoms with Crippen molar-refractivity contribution in [3.8, 4) is 22.1 Å². The number of benzene rings is 1. The highest BCUT2D eigenvalue weighted by molar-refractivity contribution is 7.22. The number of non-ortho nitro benzene ring substituents is 1. The average molecular weight is 411 g/mol. The molecule has 146 valence electrons. The molecule has 0 aliphatic rings. The molecular formula is C18H13N5O5S. The summed E-state index contributed by atoms with van der Waals surface area (Å²) in [7, 11) is 1.45. The summed E-state index contributed by atoms with van der Waals surface area (Å²) in [6, 6.07) is 9.13. The van der Waals surface area contributed by atoms with Crippen molar-refractivity contribution in [3.63, 3.8) is 0 Å². The monoisotopic (exact) mass is 411 g/mol. The zero-order valence-corrected chi connectivity index (χ0v) is 16.0. The van der Waals surface area contributed by atoms with Gasteiger partial charge >= 0.3 is 5.69 Å². The Morgan fingerprint density at radius 1 is 1.14 bits per heavy atom. The number of fused-ring (bicyclic) bond motifs is 1. The van der Waals surface area contributed by atoms with Crippen LogP contribution in [0.4, 0.5) is 5.69 Å². The fraction of sp³-hybridized carbons (Fsp3) is 0.111. The smallest absolute Gasteiger partial charge is 0.335 e. The minimum absolute atomic E-state index is 0.0317. The van der Waals surface area contributed by atoms with E-state index >= 15 is 0 Å². The Bertz CT molecular complexity index is 1350. The Kier molecular flexibility index (Phi) is 4.43. The number of nitro benzene ring substituents is 1. The summed E-state index contributed by atoms with van der Waals surface area (Å²) in [5.41, 5.74) is 0.183. The Hall–Kier alpha value is -3.86. The Labute approximate surface area is 166 Å². The summed E-state index contributed by atoms with van der Waals surface area (Å²) in [4.78, 5) is 38.9. The molecule has 11 heteroatoms. The number of rotatable bonds is 4. The number of aromatic nitrogens is 4. The first-order chi connectivity index (χ1) is 13.9. The molecule has 0 radical (unpaired) electrons. The van der Waals surface area contributed by atoms with Crippen molar-refractivity contribution in [2.45, 2.75) is 6.92 Å². The number of ether oxygens (including phenoxy) is 1. The fourth-order valence-corrected chi connectivity index (χ4v) is 4.31. The second-order valence-electron chi connectivity index (χ2n) is 6.07. The number of methoxy groups -OCH3 is 1. The molecule has 1 aromatic carbocycles. The highest BCUT2D eigenvalue weighted by atomic mass is 32.1. The maximum atomic E-state index is 12.5. The molecule has 10 nitrogen and oxygen atoms in total. The second-order valence-corrected chi connectivity index (χ2v) is 7.07. The summed E-state index contributed by atoms with van der Waals surface area (Å²) in [5, 5.41) is 19.1. The Morgan fingerprint density at radius 3 is 2.45 bits per heavy atom. The van der Waals surface area contributed by atoms with Crippen molar-refractivity contribution in [2.24, 2.45) is 0 Å². The van der Waals surface area contributed by atoms with Gasteiger partial charge in [0.05, 0.1) is 17.4 Å². The normalized spacial score (nSPS) is 11.0. The summed E-state index contributed by atoms with van der Waals surface area (Å²) >= 11 is 1.23. The van der Waals surface area contributed by atoms with E-state index in [0.717, 1.165) is 4.88 Å². The number of aromatic amines is 1. The number of nitrogens with one attached hydrogen (secondary N) is 1. The molecule has 0 amide bonds. The van der Waals surface area contributed by atoms with Gasteiger partial charge in [0.2, 0.25) is 5.88 Å². The lowest BCUT2D eigenvalue weighted by molar-refractivity contribution is -0.384. The lowest BCUT2D eigenvalue weighted by Crippen LogP contribution is -2.29. The molecule has 4 aromatic rings. The molecule has 0 saturated carbocycles. The van der Waals surface area contributed by atoms with Crippen LogP contribution in [0.25, 0.3) is 26.5 Å². The first-order valence-corrected chi connectivity index (χ1v) is 9.13. The summed E-state index contributed by atoms with van der Waals surface area (Å²) < 4.78 is 6.26. The molecule has 0 atom stereocenters. The number of hydrogen-bond donors (Lipinski definition) is 1. The standard InChI is InChI=1S/C18H13N5O5S/c1-9-14-16(24)19-18(25)22(12-7-8-13(28-2)21-20-12)17(14)29-15(9)10-3-5-11(6-4-10)23(26)27/h3-8H,1-2H3,(H,19,24,25). The number of nitro groups is 1. The van der Waals surface area contributed by atoms with E-state index in [4.69, 9.17) is 4.74 Å². The number of nitrogens with zero attached hydrogens (tertiary/aromatic N) is 4. The van der Waals surface area contributed by atoms with Gasteiger partial charge in [-0.1, -0.05) is 0 Å². The topological polar surface area (TPSA) is 133 Å². The largest absolute Gasteiger partial charge is 0.480 e. The minimum atomic E-state index is -0.640. The first kappa shape index (κ1) is 18.5. The average Bonchev–Trinajstić information content (AvgIpc) is 3.06. The number of aryl methyl sites for hydroxylation is 1. The van der Waals surface area contributed by atoms with E-state index < -0.39 is 16.2 Å². The highest BCUT2D eigenvalue weighted by Crippen LogP contribution is 2.37. The van der Waals surface area contributed by atoms with Crippen molar-refractivity contribution in [1.29, 1.82) is 0 Å². The molecule has 3 aromatic heterocycles. The van der Waals surface area contributed by atoms with Gasteiger partial charge in [0.25, 0.3) is 11.2 Å². The van der Waals surface area contributed by atoms with Crippen molar-refractivity contribution in [3.05, 3.63) is 72.9 Å². The van der Waals surface area contributed by atoms with Crippen LogP contribution in [0.2, 0.25) is 0 Å². The molecular weight excluding hydrogens is 398 g/mol. The van der Waals surface area contributed by atoms with Crippen LogP contribution in [0.5, 0.6) is 5.88 Å². The van der Waals surface area contributed by atoms with Crippen LogP contribution < -0.4 is 16.0 Å². The van der Waals surface area contributed by atoms with Gasteiger partial charge in [-0.05, 0) is 36.2 Å². The molecule has 0 bridgehead atoms. The SMILES string of the molecule is COc1ccc(-n2c(=O)[nH]c(=O)c3c(C)c(-c4ccc([N+](=O)[O-])cc4)sc32)nn1. The Balaban J connectivity index is 1.97. The number of H-pyrrole nitrogens is 1. The molecule has 1 N–H and O–H groups in total. The zero-order chi connectivity index (χ0) is 20.7. The summed E-state index contributed by atoms with van der Waals surface area (Å²) in [6.45, 7) is 1.76. The van der Waals surface area contributed by atoms with Crippen molar-refractivity contribution < 1.29 is 9.66 Å². The molecule has 0 spiro atoms. The molecule has 0 aliphatic heterocycles. The van der Waals surface area contributed by atoms with Gasteiger partial charge in [0.15, 0.2) is 5.82 Å². The van der Waals surface area contributed by atoms with Crippen LogP contribution in [0.1, 0.15) is 5.56 Å². The fourth-order valence-electron chi connectivity index (χ4n) is 2.99. The molecule has 29 heavy (non-hydrogen) atoms. The van der Waals surface area contributed by atoms with Gasteiger partial charge in [-0.2, -0.15) is 0 Å². The van der Waals surface area contributed by atoms with Crippen LogP contribution in [-0.4, -0.2) is 31.8 Å². The van der Waals surface area contributed by atoms with Gasteiger partial charge in [0, 0.05) is 23.1 Å².